The van der Waals surface area contributed by atoms with Gasteiger partial charge >= 0.3 is 0 Å². The number of halogens is 1. The van der Waals surface area contributed by atoms with Gasteiger partial charge in [-0.1, -0.05) is 0 Å². The fraction of sp³-hybridized carbons (Fsp3) is 0.133. The minimum Gasteiger partial charge on any atom is -0.481 e. The predicted molar refractivity (Wildman–Crippen MR) is 71.0 cm³/mol. The Morgan fingerprint density at radius 1 is 1.30 bits per heavy atom. The summed E-state index contributed by atoms with van der Waals surface area (Å²) >= 11 is 0. The van der Waals surface area contributed by atoms with Gasteiger partial charge in [-0.15, -0.1) is 0 Å². The van der Waals surface area contributed by atoms with E-state index < -0.39 is 6.10 Å². The highest BCUT2D eigenvalue weighted by atomic mass is 19.1. The summed E-state index contributed by atoms with van der Waals surface area (Å²) in [6, 6.07) is 9.20. The molecule has 0 saturated carbocycles. The van der Waals surface area contributed by atoms with Crippen molar-refractivity contribution in [1.29, 1.82) is 0 Å². The number of nitrogens with zero attached hydrogens (tertiary/aromatic N) is 1. The lowest BCUT2D eigenvalue weighted by atomic mass is 10.1. The van der Waals surface area contributed by atoms with Crippen molar-refractivity contribution in [3.63, 3.8) is 0 Å². The number of ether oxygens (including phenoxy) is 1. The van der Waals surface area contributed by atoms with Crippen LogP contribution in [0.3, 0.4) is 0 Å². The summed E-state index contributed by atoms with van der Waals surface area (Å²) in [5.74, 6) is 0.293. The molecule has 1 N–H and O–H groups in total. The number of pyridine rings is 1. The molecular weight excluding hydrogens is 261 g/mol. The largest absolute Gasteiger partial charge is 0.481 e. The Morgan fingerprint density at radius 3 is 2.95 bits per heavy atom. The first kappa shape index (κ1) is 12.6. The number of hydrogen-bond acceptors (Lipinski definition) is 4. The van der Waals surface area contributed by atoms with E-state index in [1.54, 1.807) is 24.4 Å². The van der Waals surface area contributed by atoms with Crippen molar-refractivity contribution >= 4 is 11.0 Å². The Hall–Kier alpha value is -2.40. The minimum absolute atomic E-state index is 0.317. The Morgan fingerprint density at radius 2 is 2.15 bits per heavy atom. The van der Waals surface area contributed by atoms with E-state index in [0.717, 1.165) is 0 Å². The molecule has 102 valence electrons. The van der Waals surface area contributed by atoms with Crippen LogP contribution in [0.25, 0.3) is 11.0 Å². The fourth-order valence-corrected chi connectivity index (χ4v) is 2.10. The normalized spacial score (nSPS) is 12.6. The Bertz CT molecular complexity index is 754. The van der Waals surface area contributed by atoms with Gasteiger partial charge in [-0.2, -0.15) is 0 Å². The van der Waals surface area contributed by atoms with Crippen molar-refractivity contribution in [1.82, 2.24) is 4.98 Å². The van der Waals surface area contributed by atoms with Crippen LogP contribution in [0.5, 0.6) is 5.88 Å². The van der Waals surface area contributed by atoms with Gasteiger partial charge in [-0.3, -0.25) is 0 Å². The maximum atomic E-state index is 13.2. The Kier molecular flexibility index (Phi) is 3.12. The fourth-order valence-electron chi connectivity index (χ4n) is 2.10. The maximum Gasteiger partial charge on any atom is 0.219 e. The molecule has 0 aliphatic carbocycles. The second kappa shape index (κ2) is 4.94. The molecule has 0 spiro atoms. The summed E-state index contributed by atoms with van der Waals surface area (Å²) in [6.45, 7) is 0. The molecule has 0 bridgehead atoms. The molecule has 0 saturated heterocycles. The summed E-state index contributed by atoms with van der Waals surface area (Å²) < 4.78 is 23.8. The first-order valence-electron chi connectivity index (χ1n) is 6.05. The number of aliphatic hydroxyl groups is 1. The van der Waals surface area contributed by atoms with Gasteiger partial charge < -0.3 is 14.3 Å². The van der Waals surface area contributed by atoms with Crippen molar-refractivity contribution in [3.8, 4) is 5.88 Å². The van der Waals surface area contributed by atoms with Crippen molar-refractivity contribution in [2.75, 3.05) is 7.11 Å². The monoisotopic (exact) mass is 273 g/mol. The zero-order valence-corrected chi connectivity index (χ0v) is 10.7. The number of fused-ring (bicyclic) bond motifs is 1. The van der Waals surface area contributed by atoms with E-state index in [2.05, 4.69) is 4.98 Å². The molecule has 2 aromatic heterocycles. The second-order valence-electron chi connectivity index (χ2n) is 4.34. The molecule has 0 aliphatic rings. The number of methoxy groups -OCH3 is 1. The number of aromatic nitrogens is 1. The van der Waals surface area contributed by atoms with E-state index in [-0.39, 0.29) is 5.82 Å². The van der Waals surface area contributed by atoms with E-state index in [4.69, 9.17) is 9.15 Å². The first-order chi connectivity index (χ1) is 9.69. The molecule has 20 heavy (non-hydrogen) atoms. The lowest BCUT2D eigenvalue weighted by Gasteiger charge is -2.11. The summed E-state index contributed by atoms with van der Waals surface area (Å²) in [5, 5.41) is 11.0. The Labute approximate surface area is 114 Å². The molecule has 5 heteroatoms. The smallest absolute Gasteiger partial charge is 0.219 e. The van der Waals surface area contributed by atoms with Gasteiger partial charge in [0, 0.05) is 11.6 Å². The summed E-state index contributed by atoms with van der Waals surface area (Å²) in [7, 11) is 1.48. The Balaban J connectivity index is 2.05. The van der Waals surface area contributed by atoms with Crippen LogP contribution < -0.4 is 4.74 Å². The van der Waals surface area contributed by atoms with E-state index >= 15 is 0 Å². The van der Waals surface area contributed by atoms with Crippen molar-refractivity contribution in [2.24, 2.45) is 0 Å². The van der Waals surface area contributed by atoms with Crippen LogP contribution in [0, 0.1) is 5.82 Å². The van der Waals surface area contributed by atoms with Crippen LogP contribution in [-0.4, -0.2) is 17.2 Å². The van der Waals surface area contributed by atoms with Crippen LogP contribution in [0.15, 0.2) is 47.0 Å². The third kappa shape index (κ3) is 2.12. The van der Waals surface area contributed by atoms with Gasteiger partial charge in [0.05, 0.1) is 12.7 Å². The SMILES string of the molecule is COc1ncccc1C(O)c1cc2cc(F)ccc2o1. The summed E-state index contributed by atoms with van der Waals surface area (Å²) in [6.07, 6.45) is 0.553. The minimum atomic E-state index is -1.02. The maximum absolute atomic E-state index is 13.2. The second-order valence-corrected chi connectivity index (χ2v) is 4.34. The number of benzene rings is 1. The molecule has 2 heterocycles. The average Bonchev–Trinajstić information content (AvgIpc) is 2.89. The molecule has 0 radical (unpaired) electrons. The topological polar surface area (TPSA) is 55.5 Å². The molecule has 0 fully saturated rings. The lowest BCUT2D eigenvalue weighted by Crippen LogP contribution is -2.02. The molecular formula is C15H12FNO3. The molecule has 3 rings (SSSR count). The molecule has 0 aliphatic heterocycles. The average molecular weight is 273 g/mol. The van der Waals surface area contributed by atoms with Crippen LogP contribution in [0.1, 0.15) is 17.4 Å². The summed E-state index contributed by atoms with van der Waals surface area (Å²) in [4.78, 5) is 4.03. The number of furan rings is 1. The first-order valence-corrected chi connectivity index (χ1v) is 6.05. The highest BCUT2D eigenvalue weighted by Gasteiger charge is 2.20. The van der Waals surface area contributed by atoms with Crippen LogP contribution in [0.4, 0.5) is 4.39 Å². The molecule has 1 aromatic carbocycles. The molecule has 1 atom stereocenters. The van der Waals surface area contributed by atoms with E-state index in [1.807, 2.05) is 0 Å². The van der Waals surface area contributed by atoms with Crippen molar-refractivity contribution in [3.05, 3.63) is 59.7 Å². The van der Waals surface area contributed by atoms with E-state index in [1.165, 1.54) is 25.3 Å². The molecule has 1 unspecified atom stereocenters. The quantitative estimate of drug-likeness (QED) is 0.796. The molecule has 3 aromatic rings. The van der Waals surface area contributed by atoms with Gasteiger partial charge in [0.15, 0.2) is 0 Å². The van der Waals surface area contributed by atoms with Crippen molar-refractivity contribution in [2.45, 2.75) is 6.10 Å². The van der Waals surface area contributed by atoms with Gasteiger partial charge in [0.1, 0.15) is 23.3 Å². The van der Waals surface area contributed by atoms with Gasteiger partial charge in [-0.25, -0.2) is 9.37 Å². The van der Waals surface area contributed by atoms with Crippen molar-refractivity contribution < 1.29 is 18.7 Å². The number of rotatable bonds is 3. The van der Waals surface area contributed by atoms with Crippen LogP contribution in [0.2, 0.25) is 0 Å². The molecule has 4 nitrogen and oxygen atoms in total. The zero-order valence-electron chi connectivity index (χ0n) is 10.7. The number of aliphatic hydroxyl groups excluding tert-OH is 1. The third-order valence-corrected chi connectivity index (χ3v) is 3.06. The van der Waals surface area contributed by atoms with Crippen LogP contribution >= 0.6 is 0 Å². The highest BCUT2D eigenvalue weighted by molar-refractivity contribution is 5.78. The van der Waals surface area contributed by atoms with Crippen LogP contribution in [-0.2, 0) is 0 Å². The summed E-state index contributed by atoms with van der Waals surface area (Å²) in [5.41, 5.74) is 1.01. The van der Waals surface area contributed by atoms with Gasteiger partial charge in [-0.05, 0) is 36.4 Å². The number of hydrogen-bond donors (Lipinski definition) is 1. The van der Waals surface area contributed by atoms with Gasteiger partial charge in [0.25, 0.3) is 0 Å². The molecule has 0 amide bonds. The van der Waals surface area contributed by atoms with Gasteiger partial charge in [0.2, 0.25) is 5.88 Å². The standard InChI is InChI=1S/C15H12FNO3/c1-19-15-11(3-2-6-17-15)14(18)13-8-9-7-10(16)4-5-12(9)20-13/h2-8,14,18H,1H3. The van der Waals surface area contributed by atoms with E-state index in [9.17, 15) is 9.50 Å². The highest BCUT2D eigenvalue weighted by Crippen LogP contribution is 2.31. The predicted octanol–water partition coefficient (Wildman–Crippen LogP) is 3.06. The zero-order chi connectivity index (χ0) is 14.1. The third-order valence-electron chi connectivity index (χ3n) is 3.06. The lowest BCUT2D eigenvalue weighted by molar-refractivity contribution is 0.186. The van der Waals surface area contributed by atoms with E-state index in [0.29, 0.717) is 28.2 Å².